The van der Waals surface area contributed by atoms with Gasteiger partial charge in [0.15, 0.2) is 6.54 Å². The summed E-state index contributed by atoms with van der Waals surface area (Å²) in [5.41, 5.74) is 4.57. The number of nitrogens with zero attached hydrogens (tertiary/aromatic N) is 2. The summed E-state index contributed by atoms with van der Waals surface area (Å²) in [6.45, 7) is 7.49. The van der Waals surface area contributed by atoms with Gasteiger partial charge in [0, 0.05) is 23.9 Å². The second kappa shape index (κ2) is 11.2. The molecule has 3 aromatic carbocycles. The monoisotopic (exact) mass is 565 g/mol. The first kappa shape index (κ1) is 26.9. The van der Waals surface area contributed by atoms with Gasteiger partial charge in [0.1, 0.15) is 4.70 Å². The summed E-state index contributed by atoms with van der Waals surface area (Å²) in [6.07, 6.45) is 3.66. The van der Waals surface area contributed by atoms with Crippen LogP contribution in [0.5, 0.6) is 0 Å². The number of aromatic nitrogens is 1. The van der Waals surface area contributed by atoms with Gasteiger partial charge >= 0.3 is 0 Å². The van der Waals surface area contributed by atoms with E-state index in [-0.39, 0.29) is 0 Å². The molecule has 4 aromatic rings. The molecule has 1 aliphatic heterocycles. The smallest absolute Gasteiger partial charge is 0.267 e. The van der Waals surface area contributed by atoms with Crippen molar-refractivity contribution in [3.05, 3.63) is 82.8 Å². The number of anilines is 1. The normalized spacial score (nSPS) is 15.5. The van der Waals surface area contributed by atoms with Crippen molar-refractivity contribution in [3.63, 3.8) is 0 Å². The highest BCUT2D eigenvalue weighted by Crippen LogP contribution is 2.48. The molecule has 5 rings (SSSR count). The molecule has 2 heterocycles. The van der Waals surface area contributed by atoms with Crippen LogP contribution in [0.25, 0.3) is 27.4 Å². The molecule has 0 bridgehead atoms. The number of aryl methyl sites for hydroxylation is 1. The zero-order chi connectivity index (χ0) is 26.9. The van der Waals surface area contributed by atoms with Crippen molar-refractivity contribution in [2.24, 2.45) is 5.92 Å². The molecular formula is C30H33N2O3S3+. The maximum atomic E-state index is 11.8. The van der Waals surface area contributed by atoms with E-state index in [0.29, 0.717) is 18.9 Å². The van der Waals surface area contributed by atoms with Gasteiger partial charge in [0.25, 0.3) is 15.1 Å². The Hall–Kier alpha value is -2.65. The topological polar surface area (TPSA) is 61.5 Å². The lowest BCUT2D eigenvalue weighted by atomic mass is 10.0. The highest BCUT2D eigenvalue weighted by Gasteiger charge is 2.30. The van der Waals surface area contributed by atoms with Crippen LogP contribution < -0.4 is 9.47 Å². The molecule has 198 valence electrons. The van der Waals surface area contributed by atoms with E-state index >= 15 is 0 Å². The minimum Gasteiger partial charge on any atom is -0.335 e. The zero-order valence-corrected chi connectivity index (χ0v) is 24.3. The molecule has 5 nitrogen and oxygen atoms in total. The summed E-state index contributed by atoms with van der Waals surface area (Å²) in [7, 11) is -4.09. The zero-order valence-electron chi connectivity index (χ0n) is 21.9. The third-order valence-corrected chi connectivity index (χ3v) is 10.4. The van der Waals surface area contributed by atoms with Crippen molar-refractivity contribution in [3.8, 4) is 11.1 Å². The van der Waals surface area contributed by atoms with E-state index in [1.54, 1.807) is 30.0 Å². The standard InChI is InChI=1S/C30H32N2O3S3/c1-21(2)15-17-31-25-11-7-8-12-27(25)36-29(31)20-30-32(18-16-22(3)38(33,34)35)26-19-24(13-14-28(26)37-30)23-9-5-4-6-10-23/h4-14,19-22H,15-18H2,1-3H3/p+1. The van der Waals surface area contributed by atoms with Crippen molar-refractivity contribution >= 4 is 55.2 Å². The molecule has 1 aromatic heterocycles. The third kappa shape index (κ3) is 5.83. The van der Waals surface area contributed by atoms with Crippen molar-refractivity contribution in [2.75, 3.05) is 11.4 Å². The van der Waals surface area contributed by atoms with E-state index in [4.69, 9.17) is 0 Å². The second-order valence-corrected chi connectivity index (χ2v) is 14.1. The Balaban J connectivity index is 1.56. The lowest BCUT2D eigenvalue weighted by Gasteiger charge is -2.22. The highest BCUT2D eigenvalue weighted by atomic mass is 32.2. The van der Waals surface area contributed by atoms with Gasteiger partial charge in [0.2, 0.25) is 5.52 Å². The van der Waals surface area contributed by atoms with Gasteiger partial charge in [-0.15, -0.1) is 0 Å². The summed E-state index contributed by atoms with van der Waals surface area (Å²) < 4.78 is 36.8. The van der Waals surface area contributed by atoms with Gasteiger partial charge in [-0.05, 0) is 48.6 Å². The van der Waals surface area contributed by atoms with Gasteiger partial charge in [-0.3, -0.25) is 4.55 Å². The molecule has 0 amide bonds. The van der Waals surface area contributed by atoms with Crippen LogP contribution in [0.2, 0.25) is 0 Å². The molecule has 0 spiro atoms. The SMILES string of the molecule is CC(C)CC[n+]1c(C=C2Sc3ccc(-c4ccccc4)cc3N2CCC(C)S(=O)(=O)O)sc2ccccc21. The Labute approximate surface area is 233 Å². The molecule has 38 heavy (non-hydrogen) atoms. The quantitative estimate of drug-likeness (QED) is 0.168. The third-order valence-electron chi connectivity index (χ3n) is 6.92. The highest BCUT2D eigenvalue weighted by molar-refractivity contribution is 8.03. The van der Waals surface area contributed by atoms with Crippen molar-refractivity contribution < 1.29 is 17.5 Å². The summed E-state index contributed by atoms with van der Waals surface area (Å²) in [6, 6.07) is 25.3. The number of thiazole rings is 1. The van der Waals surface area contributed by atoms with Crippen LogP contribution in [-0.4, -0.2) is 24.8 Å². The summed E-state index contributed by atoms with van der Waals surface area (Å²) in [4.78, 5) is 3.36. The van der Waals surface area contributed by atoms with Crippen LogP contribution in [0, 0.1) is 5.92 Å². The van der Waals surface area contributed by atoms with E-state index in [9.17, 15) is 13.0 Å². The van der Waals surface area contributed by atoms with Crippen LogP contribution in [-0.2, 0) is 16.7 Å². The van der Waals surface area contributed by atoms with E-state index < -0.39 is 15.4 Å². The van der Waals surface area contributed by atoms with E-state index in [1.807, 2.05) is 18.2 Å². The molecule has 1 unspecified atom stereocenters. The number of rotatable bonds is 9. The fourth-order valence-electron chi connectivity index (χ4n) is 4.59. The average Bonchev–Trinajstić information content (AvgIpc) is 3.42. The minimum absolute atomic E-state index is 0.325. The maximum Gasteiger partial charge on any atom is 0.267 e. The molecule has 0 saturated carbocycles. The molecule has 0 saturated heterocycles. The van der Waals surface area contributed by atoms with Gasteiger partial charge in [-0.1, -0.05) is 85.5 Å². The van der Waals surface area contributed by atoms with Gasteiger partial charge in [-0.2, -0.15) is 13.0 Å². The molecule has 0 aliphatic carbocycles. The predicted octanol–water partition coefficient (Wildman–Crippen LogP) is 7.48. The van der Waals surface area contributed by atoms with E-state index in [1.165, 1.54) is 15.2 Å². The Kier molecular flexibility index (Phi) is 7.95. The molecule has 0 radical (unpaired) electrons. The second-order valence-electron chi connectivity index (χ2n) is 10.1. The molecule has 0 fully saturated rings. The lowest BCUT2D eigenvalue weighted by molar-refractivity contribution is -0.669. The van der Waals surface area contributed by atoms with Crippen LogP contribution in [0.15, 0.2) is 82.7 Å². The summed E-state index contributed by atoms with van der Waals surface area (Å²) in [5.74, 6) is 0.599. The number of benzene rings is 3. The molecule has 1 aliphatic rings. The molecule has 1 N–H and O–H groups in total. The fraction of sp³-hybridized carbons (Fsp3) is 0.300. The molecular weight excluding hydrogens is 533 g/mol. The number of thioether (sulfide) groups is 1. The number of fused-ring (bicyclic) bond motifs is 2. The Morgan fingerprint density at radius 2 is 1.68 bits per heavy atom. The maximum absolute atomic E-state index is 11.8. The lowest BCUT2D eigenvalue weighted by Crippen LogP contribution is -2.36. The number of hydrogen-bond donors (Lipinski definition) is 1. The van der Waals surface area contributed by atoms with Crippen LogP contribution >= 0.6 is 23.1 Å². The van der Waals surface area contributed by atoms with Crippen LogP contribution in [0.3, 0.4) is 0 Å². The van der Waals surface area contributed by atoms with Crippen molar-refractivity contribution in [1.82, 2.24) is 0 Å². The first-order valence-electron chi connectivity index (χ1n) is 12.9. The predicted molar refractivity (Wildman–Crippen MR) is 160 cm³/mol. The summed E-state index contributed by atoms with van der Waals surface area (Å²) in [5, 5.41) is 1.41. The average molecular weight is 566 g/mol. The van der Waals surface area contributed by atoms with Gasteiger partial charge in [0.05, 0.1) is 22.0 Å². The van der Waals surface area contributed by atoms with Crippen molar-refractivity contribution in [2.45, 2.75) is 50.3 Å². The Morgan fingerprint density at radius 3 is 2.42 bits per heavy atom. The molecule has 8 heteroatoms. The van der Waals surface area contributed by atoms with E-state index in [2.05, 4.69) is 84.0 Å². The minimum atomic E-state index is -4.09. The Bertz CT molecular complexity index is 1580. The molecule has 1 atom stereocenters. The Morgan fingerprint density at radius 1 is 0.947 bits per heavy atom. The van der Waals surface area contributed by atoms with Gasteiger partial charge in [-0.25, -0.2) is 0 Å². The van der Waals surface area contributed by atoms with Crippen molar-refractivity contribution in [1.29, 1.82) is 0 Å². The van der Waals surface area contributed by atoms with Gasteiger partial charge < -0.3 is 4.90 Å². The number of para-hydroxylation sites is 1. The van der Waals surface area contributed by atoms with Crippen LogP contribution in [0.4, 0.5) is 5.69 Å². The summed E-state index contributed by atoms with van der Waals surface area (Å²) >= 11 is 3.50. The van der Waals surface area contributed by atoms with Crippen LogP contribution in [0.1, 0.15) is 38.6 Å². The number of hydrogen-bond acceptors (Lipinski definition) is 5. The first-order chi connectivity index (χ1) is 18.2. The largest absolute Gasteiger partial charge is 0.335 e. The fourth-order valence-corrected chi connectivity index (χ4v) is 7.30. The first-order valence-corrected chi connectivity index (χ1v) is 16.1. The van der Waals surface area contributed by atoms with E-state index in [0.717, 1.165) is 39.7 Å².